The zero-order valence-electron chi connectivity index (χ0n) is 15.5. The van der Waals surface area contributed by atoms with Gasteiger partial charge in [0.05, 0.1) is 0 Å². The van der Waals surface area contributed by atoms with Gasteiger partial charge in [-0.15, -0.1) is 0 Å². The maximum atomic E-state index is 12.4. The van der Waals surface area contributed by atoms with Crippen LogP contribution in [0.5, 0.6) is 0 Å². The van der Waals surface area contributed by atoms with E-state index in [1.54, 1.807) is 12.5 Å². The largest absolute Gasteiger partial charge is 0.386 e. The quantitative estimate of drug-likeness (QED) is 0.838. The molecule has 1 unspecified atom stereocenters. The molecule has 2 fully saturated rings. The Balaban J connectivity index is 1.68. The van der Waals surface area contributed by atoms with Crippen LogP contribution in [0.2, 0.25) is 0 Å². The van der Waals surface area contributed by atoms with E-state index >= 15 is 0 Å². The van der Waals surface area contributed by atoms with E-state index in [0.717, 1.165) is 32.1 Å². The van der Waals surface area contributed by atoms with E-state index in [-0.39, 0.29) is 11.2 Å². The summed E-state index contributed by atoms with van der Waals surface area (Å²) in [5.41, 5.74) is 4.50. The minimum Gasteiger partial charge on any atom is -0.386 e. The Morgan fingerprint density at radius 3 is 2.80 bits per heavy atom. The highest BCUT2D eigenvalue weighted by molar-refractivity contribution is 5.93. The second-order valence-electron chi connectivity index (χ2n) is 8.92. The summed E-state index contributed by atoms with van der Waals surface area (Å²) in [6.07, 6.45) is 9.96. The van der Waals surface area contributed by atoms with E-state index in [1.165, 1.54) is 24.0 Å². The third-order valence-electron chi connectivity index (χ3n) is 7.85. The van der Waals surface area contributed by atoms with Crippen molar-refractivity contribution in [3.05, 3.63) is 22.8 Å². The fourth-order valence-electron chi connectivity index (χ4n) is 6.48. The molecular formula is C22H30O3. The summed E-state index contributed by atoms with van der Waals surface area (Å²) in [4.78, 5) is 24.2. The van der Waals surface area contributed by atoms with Crippen molar-refractivity contribution in [3.8, 4) is 0 Å². The SMILES string of the molecule is CC(O)C(=O)C[C@]12CCC3=C4CCC(=O)C=C4CC[C@H]3[C@@H]1CC[C@H]2C. The molecule has 0 bridgehead atoms. The van der Waals surface area contributed by atoms with Gasteiger partial charge in [0.15, 0.2) is 11.6 Å². The lowest BCUT2D eigenvalue weighted by molar-refractivity contribution is -0.131. The minimum atomic E-state index is -0.840. The average Bonchev–Trinajstić information content (AvgIpc) is 2.91. The summed E-state index contributed by atoms with van der Waals surface area (Å²) in [6.45, 7) is 3.93. The maximum absolute atomic E-state index is 12.4. The first-order valence-electron chi connectivity index (χ1n) is 10.1. The highest BCUT2D eigenvalue weighted by atomic mass is 16.3. The van der Waals surface area contributed by atoms with Crippen molar-refractivity contribution in [2.24, 2.45) is 23.2 Å². The summed E-state index contributed by atoms with van der Waals surface area (Å²) in [5.74, 6) is 2.06. The molecule has 5 atom stereocenters. The molecule has 25 heavy (non-hydrogen) atoms. The summed E-state index contributed by atoms with van der Waals surface area (Å²) in [6, 6.07) is 0. The van der Waals surface area contributed by atoms with Crippen LogP contribution in [0.4, 0.5) is 0 Å². The van der Waals surface area contributed by atoms with Crippen LogP contribution in [-0.2, 0) is 9.59 Å². The standard InChI is InChI=1S/C22H30O3/c1-13-3-8-20-19-6-4-15-11-16(24)5-7-17(15)18(19)9-10-22(13,20)12-21(25)14(2)23/h11,13-14,19-20,23H,3-10,12H2,1-2H3/t13-,14?,19-,20+,22+/m1/s1. The molecule has 0 aliphatic heterocycles. The fourth-order valence-corrected chi connectivity index (χ4v) is 6.48. The number of fused-ring (bicyclic) bond motifs is 4. The zero-order chi connectivity index (χ0) is 17.8. The zero-order valence-corrected chi connectivity index (χ0v) is 15.5. The molecule has 4 rings (SSSR count). The molecular weight excluding hydrogens is 312 g/mol. The molecule has 0 heterocycles. The van der Waals surface area contributed by atoms with Crippen LogP contribution in [0, 0.1) is 23.2 Å². The molecule has 0 spiro atoms. The van der Waals surface area contributed by atoms with Crippen LogP contribution in [0.3, 0.4) is 0 Å². The van der Waals surface area contributed by atoms with Gasteiger partial charge in [-0.3, -0.25) is 9.59 Å². The lowest BCUT2D eigenvalue weighted by atomic mass is 9.54. The first-order valence-corrected chi connectivity index (χ1v) is 10.1. The Hall–Kier alpha value is -1.22. The predicted octanol–water partition coefficient (Wildman–Crippen LogP) is 4.15. The molecule has 136 valence electrons. The van der Waals surface area contributed by atoms with Gasteiger partial charge in [-0.2, -0.15) is 0 Å². The van der Waals surface area contributed by atoms with E-state index < -0.39 is 6.10 Å². The van der Waals surface area contributed by atoms with Crippen molar-refractivity contribution in [2.45, 2.75) is 77.7 Å². The van der Waals surface area contributed by atoms with Crippen molar-refractivity contribution in [1.82, 2.24) is 0 Å². The number of carbonyl (C=O) groups is 2. The molecule has 0 aromatic carbocycles. The summed E-state index contributed by atoms with van der Waals surface area (Å²) in [5, 5.41) is 9.77. The molecule has 0 radical (unpaired) electrons. The lowest BCUT2D eigenvalue weighted by Gasteiger charge is -2.50. The second kappa shape index (κ2) is 6.19. The Labute approximate surface area is 150 Å². The van der Waals surface area contributed by atoms with Gasteiger partial charge in [0.25, 0.3) is 0 Å². The van der Waals surface area contributed by atoms with Crippen molar-refractivity contribution in [3.63, 3.8) is 0 Å². The number of allylic oxidation sites excluding steroid dienone is 4. The normalized spacial score (nSPS) is 38.6. The number of rotatable bonds is 3. The number of hydrogen-bond acceptors (Lipinski definition) is 3. The monoisotopic (exact) mass is 342 g/mol. The maximum Gasteiger partial charge on any atom is 0.161 e. The molecule has 4 aliphatic rings. The lowest BCUT2D eigenvalue weighted by Crippen LogP contribution is -2.44. The van der Waals surface area contributed by atoms with E-state index in [4.69, 9.17) is 0 Å². The number of aliphatic hydroxyl groups excluding tert-OH is 1. The Kier molecular flexibility index (Phi) is 4.26. The van der Waals surface area contributed by atoms with Gasteiger partial charge in [-0.1, -0.05) is 12.5 Å². The van der Waals surface area contributed by atoms with Crippen LogP contribution in [0.15, 0.2) is 22.8 Å². The number of carbonyl (C=O) groups excluding carboxylic acids is 2. The summed E-state index contributed by atoms with van der Waals surface area (Å²) < 4.78 is 0. The van der Waals surface area contributed by atoms with Gasteiger partial charge in [0.2, 0.25) is 0 Å². The Bertz CT molecular complexity index is 669. The van der Waals surface area contributed by atoms with Gasteiger partial charge in [-0.05, 0) is 92.3 Å². The van der Waals surface area contributed by atoms with Gasteiger partial charge < -0.3 is 5.11 Å². The molecule has 3 nitrogen and oxygen atoms in total. The number of Topliss-reactive ketones (excluding diaryl/α,β-unsaturated/α-hetero) is 1. The third-order valence-corrected chi connectivity index (χ3v) is 7.85. The molecule has 0 aromatic heterocycles. The Morgan fingerprint density at radius 1 is 1.24 bits per heavy atom. The average molecular weight is 342 g/mol. The number of ketones is 2. The first kappa shape index (κ1) is 17.2. The van der Waals surface area contributed by atoms with E-state index in [2.05, 4.69) is 6.92 Å². The highest BCUT2D eigenvalue weighted by Gasteiger charge is 2.55. The molecule has 0 amide bonds. The van der Waals surface area contributed by atoms with E-state index in [0.29, 0.717) is 36.4 Å². The highest BCUT2D eigenvalue weighted by Crippen LogP contribution is 2.63. The van der Waals surface area contributed by atoms with Crippen LogP contribution < -0.4 is 0 Å². The smallest absolute Gasteiger partial charge is 0.161 e. The van der Waals surface area contributed by atoms with Crippen molar-refractivity contribution in [2.75, 3.05) is 0 Å². The molecule has 3 heteroatoms. The molecule has 0 aromatic rings. The van der Waals surface area contributed by atoms with E-state index in [1.807, 2.05) is 6.08 Å². The minimum absolute atomic E-state index is 0.0227. The van der Waals surface area contributed by atoms with Gasteiger partial charge >= 0.3 is 0 Å². The van der Waals surface area contributed by atoms with Crippen molar-refractivity contribution >= 4 is 11.6 Å². The van der Waals surface area contributed by atoms with Gasteiger partial charge in [0.1, 0.15) is 6.10 Å². The summed E-state index contributed by atoms with van der Waals surface area (Å²) >= 11 is 0. The van der Waals surface area contributed by atoms with Gasteiger partial charge in [0, 0.05) is 12.8 Å². The van der Waals surface area contributed by atoms with Crippen molar-refractivity contribution in [1.29, 1.82) is 0 Å². The van der Waals surface area contributed by atoms with E-state index in [9.17, 15) is 14.7 Å². The van der Waals surface area contributed by atoms with Crippen LogP contribution in [0.1, 0.15) is 71.6 Å². The van der Waals surface area contributed by atoms with Crippen molar-refractivity contribution < 1.29 is 14.7 Å². The number of hydrogen-bond donors (Lipinski definition) is 1. The first-order chi connectivity index (χ1) is 11.9. The fraction of sp³-hybridized carbons (Fsp3) is 0.727. The van der Waals surface area contributed by atoms with Crippen LogP contribution in [0.25, 0.3) is 0 Å². The Morgan fingerprint density at radius 2 is 2.04 bits per heavy atom. The second-order valence-corrected chi connectivity index (χ2v) is 8.92. The molecule has 0 saturated heterocycles. The summed E-state index contributed by atoms with van der Waals surface area (Å²) in [7, 11) is 0. The number of aliphatic hydroxyl groups is 1. The molecule has 4 aliphatic carbocycles. The molecule has 1 N–H and O–H groups in total. The predicted molar refractivity (Wildman–Crippen MR) is 96.9 cm³/mol. The van der Waals surface area contributed by atoms with Crippen LogP contribution in [-0.4, -0.2) is 22.8 Å². The van der Waals surface area contributed by atoms with Gasteiger partial charge in [-0.25, -0.2) is 0 Å². The topological polar surface area (TPSA) is 54.4 Å². The van der Waals surface area contributed by atoms with Crippen LogP contribution >= 0.6 is 0 Å². The third kappa shape index (κ3) is 2.66. The molecule has 2 saturated carbocycles.